The minimum atomic E-state index is -0.254. The molecule has 2 rings (SSSR count). The molecule has 0 aliphatic heterocycles. The lowest BCUT2D eigenvalue weighted by Gasteiger charge is -2.05. The predicted molar refractivity (Wildman–Crippen MR) is 87.1 cm³/mol. The summed E-state index contributed by atoms with van der Waals surface area (Å²) in [7, 11) is 0. The maximum atomic E-state index is 12.8. The first-order chi connectivity index (χ1) is 10.5. The van der Waals surface area contributed by atoms with Crippen LogP contribution in [0.15, 0.2) is 29.2 Å². The van der Waals surface area contributed by atoms with Crippen molar-refractivity contribution in [1.82, 2.24) is 15.1 Å². The van der Waals surface area contributed by atoms with Crippen molar-refractivity contribution in [1.29, 1.82) is 0 Å². The van der Waals surface area contributed by atoms with Crippen molar-refractivity contribution >= 4 is 29.3 Å². The predicted octanol–water partition coefficient (Wildman–Crippen LogP) is 3.53. The van der Waals surface area contributed by atoms with Gasteiger partial charge in [0, 0.05) is 23.7 Å². The molecule has 0 atom stereocenters. The summed E-state index contributed by atoms with van der Waals surface area (Å²) in [5.74, 6) is 0.216. The molecular weight excluding hydrogens is 325 g/mol. The molecule has 2 aromatic rings. The lowest BCUT2D eigenvalue weighted by Crippen LogP contribution is -2.26. The first-order valence-corrected chi connectivity index (χ1v) is 8.28. The Morgan fingerprint density at radius 1 is 1.41 bits per heavy atom. The molecule has 0 saturated heterocycles. The van der Waals surface area contributed by atoms with Crippen molar-refractivity contribution in [2.75, 3.05) is 12.3 Å². The van der Waals surface area contributed by atoms with Gasteiger partial charge in [0.15, 0.2) is 0 Å². The van der Waals surface area contributed by atoms with E-state index >= 15 is 0 Å². The van der Waals surface area contributed by atoms with Gasteiger partial charge in [-0.25, -0.2) is 4.39 Å². The lowest BCUT2D eigenvalue weighted by molar-refractivity contribution is 0.0955. The van der Waals surface area contributed by atoms with Crippen LogP contribution in [0.3, 0.4) is 0 Å². The van der Waals surface area contributed by atoms with Crippen molar-refractivity contribution < 1.29 is 9.18 Å². The van der Waals surface area contributed by atoms with Gasteiger partial charge < -0.3 is 5.32 Å². The maximum absolute atomic E-state index is 12.8. The van der Waals surface area contributed by atoms with Gasteiger partial charge in [0.25, 0.3) is 5.91 Å². The number of aromatic nitrogens is 2. The summed E-state index contributed by atoms with van der Waals surface area (Å²) in [6.45, 7) is 4.79. The summed E-state index contributed by atoms with van der Waals surface area (Å²) in [5, 5.41) is 7.41. The van der Waals surface area contributed by atoms with E-state index < -0.39 is 0 Å². The third-order valence-electron chi connectivity index (χ3n) is 3.06. The second kappa shape index (κ2) is 7.65. The molecule has 4 nitrogen and oxygen atoms in total. The molecule has 0 aliphatic carbocycles. The molecule has 0 bridgehead atoms. The number of thioether (sulfide) groups is 1. The summed E-state index contributed by atoms with van der Waals surface area (Å²) < 4.78 is 14.4. The Labute approximate surface area is 138 Å². The first-order valence-electron chi connectivity index (χ1n) is 6.92. The Bertz CT molecular complexity index is 658. The molecule has 22 heavy (non-hydrogen) atoms. The average Bonchev–Trinajstić information content (AvgIpc) is 2.79. The largest absolute Gasteiger partial charge is 0.351 e. The van der Waals surface area contributed by atoms with Gasteiger partial charge in [-0.05, 0) is 38.1 Å². The van der Waals surface area contributed by atoms with Crippen LogP contribution in [0, 0.1) is 12.7 Å². The van der Waals surface area contributed by atoms with Gasteiger partial charge in [0.05, 0.1) is 11.3 Å². The van der Waals surface area contributed by atoms with E-state index in [0.29, 0.717) is 35.3 Å². The maximum Gasteiger partial charge on any atom is 0.256 e. The van der Waals surface area contributed by atoms with E-state index in [-0.39, 0.29) is 11.7 Å². The number of rotatable bonds is 6. The van der Waals surface area contributed by atoms with Crippen LogP contribution in [0.25, 0.3) is 0 Å². The number of nitrogens with zero attached hydrogens (tertiary/aromatic N) is 2. The monoisotopic (exact) mass is 341 g/mol. The van der Waals surface area contributed by atoms with Gasteiger partial charge >= 0.3 is 0 Å². The zero-order valence-corrected chi connectivity index (χ0v) is 14.0. The van der Waals surface area contributed by atoms with Crippen LogP contribution in [-0.2, 0) is 6.54 Å². The zero-order chi connectivity index (χ0) is 16.1. The van der Waals surface area contributed by atoms with Gasteiger partial charge in [-0.3, -0.25) is 9.48 Å². The second-order valence-corrected chi connectivity index (χ2v) is 6.15. The number of nitrogens with one attached hydrogen (secondary N) is 1. The Balaban J connectivity index is 1.85. The molecule has 1 aromatic carbocycles. The van der Waals surface area contributed by atoms with E-state index in [1.54, 1.807) is 35.5 Å². The van der Waals surface area contributed by atoms with Crippen LogP contribution in [0.4, 0.5) is 4.39 Å². The first kappa shape index (κ1) is 16.8. The molecule has 1 N–H and O–H groups in total. The Morgan fingerprint density at radius 3 is 2.68 bits per heavy atom. The molecule has 0 radical (unpaired) electrons. The molecule has 1 aromatic heterocycles. The standard InChI is InChI=1S/C15H17ClFN3OS/c1-3-20-14(16)13(10(2)19-20)15(21)18-8-9-22-12-6-4-11(17)5-7-12/h4-7H,3,8-9H2,1-2H3,(H,18,21). The highest BCUT2D eigenvalue weighted by Crippen LogP contribution is 2.20. The van der Waals surface area contributed by atoms with E-state index in [2.05, 4.69) is 10.4 Å². The molecule has 1 amide bonds. The molecule has 1 heterocycles. The lowest BCUT2D eigenvalue weighted by atomic mass is 10.2. The summed E-state index contributed by atoms with van der Waals surface area (Å²) in [4.78, 5) is 13.1. The third kappa shape index (κ3) is 4.01. The molecule has 118 valence electrons. The Morgan fingerprint density at radius 2 is 2.09 bits per heavy atom. The Hall–Kier alpha value is -1.53. The fourth-order valence-electron chi connectivity index (χ4n) is 1.97. The molecule has 0 saturated carbocycles. The van der Waals surface area contributed by atoms with Crippen LogP contribution >= 0.6 is 23.4 Å². The fourth-order valence-corrected chi connectivity index (χ4v) is 3.12. The van der Waals surface area contributed by atoms with Crippen molar-refractivity contribution in [3.05, 3.63) is 46.5 Å². The number of hydrogen-bond acceptors (Lipinski definition) is 3. The molecule has 0 aliphatic rings. The topological polar surface area (TPSA) is 46.9 Å². The van der Waals surface area contributed by atoms with Crippen LogP contribution < -0.4 is 5.32 Å². The minimum Gasteiger partial charge on any atom is -0.351 e. The smallest absolute Gasteiger partial charge is 0.256 e. The second-order valence-electron chi connectivity index (χ2n) is 4.63. The van der Waals surface area contributed by atoms with E-state index in [1.807, 2.05) is 6.92 Å². The number of carbonyl (C=O) groups excluding carboxylic acids is 1. The van der Waals surface area contributed by atoms with E-state index in [1.165, 1.54) is 12.1 Å². The van der Waals surface area contributed by atoms with Crippen molar-refractivity contribution in [2.45, 2.75) is 25.3 Å². The van der Waals surface area contributed by atoms with Gasteiger partial charge in [0.2, 0.25) is 0 Å². The molecule has 0 fully saturated rings. The van der Waals surface area contributed by atoms with Crippen molar-refractivity contribution in [3.63, 3.8) is 0 Å². The van der Waals surface area contributed by atoms with Crippen LogP contribution in [0.2, 0.25) is 5.15 Å². The van der Waals surface area contributed by atoms with Gasteiger partial charge in [0.1, 0.15) is 11.0 Å². The highest BCUT2D eigenvalue weighted by Gasteiger charge is 2.19. The van der Waals surface area contributed by atoms with Crippen LogP contribution in [0.5, 0.6) is 0 Å². The fraction of sp³-hybridized carbons (Fsp3) is 0.333. The highest BCUT2D eigenvalue weighted by molar-refractivity contribution is 7.99. The summed E-state index contributed by atoms with van der Waals surface area (Å²) in [6, 6.07) is 6.27. The van der Waals surface area contributed by atoms with Crippen molar-refractivity contribution in [3.8, 4) is 0 Å². The van der Waals surface area contributed by atoms with Crippen LogP contribution in [-0.4, -0.2) is 28.0 Å². The average molecular weight is 342 g/mol. The number of aryl methyl sites for hydroxylation is 2. The van der Waals surface area contributed by atoms with Crippen molar-refractivity contribution in [2.24, 2.45) is 0 Å². The normalized spacial score (nSPS) is 10.7. The molecule has 0 unspecified atom stereocenters. The number of benzene rings is 1. The minimum absolute atomic E-state index is 0.220. The van der Waals surface area contributed by atoms with E-state index in [4.69, 9.17) is 11.6 Å². The van der Waals surface area contributed by atoms with E-state index in [9.17, 15) is 9.18 Å². The number of halogens is 2. The molecular formula is C15H17ClFN3OS. The van der Waals surface area contributed by atoms with E-state index in [0.717, 1.165) is 4.90 Å². The molecule has 7 heteroatoms. The summed E-state index contributed by atoms with van der Waals surface area (Å²) in [5.41, 5.74) is 1.05. The summed E-state index contributed by atoms with van der Waals surface area (Å²) in [6.07, 6.45) is 0. The van der Waals surface area contributed by atoms with Gasteiger partial charge in [-0.1, -0.05) is 11.6 Å². The Kier molecular flexibility index (Phi) is 5.85. The third-order valence-corrected chi connectivity index (χ3v) is 4.46. The van der Waals surface area contributed by atoms with Crippen LogP contribution in [0.1, 0.15) is 23.0 Å². The number of carbonyl (C=O) groups is 1. The summed E-state index contributed by atoms with van der Waals surface area (Å²) >= 11 is 7.70. The van der Waals surface area contributed by atoms with Gasteiger partial charge in [-0.15, -0.1) is 11.8 Å². The highest BCUT2D eigenvalue weighted by atomic mass is 35.5. The van der Waals surface area contributed by atoms with Gasteiger partial charge in [-0.2, -0.15) is 5.10 Å². The molecule has 0 spiro atoms. The SMILES string of the molecule is CCn1nc(C)c(C(=O)NCCSc2ccc(F)cc2)c1Cl. The quantitative estimate of drug-likeness (QED) is 0.646. The number of hydrogen-bond donors (Lipinski definition) is 1. The number of amides is 1. The zero-order valence-electron chi connectivity index (χ0n) is 12.4.